The minimum atomic E-state index is 0.178. The van der Waals surface area contributed by atoms with Gasteiger partial charge in [0.2, 0.25) is 0 Å². The number of alkyl halides is 1. The van der Waals surface area contributed by atoms with E-state index < -0.39 is 0 Å². The Morgan fingerprint density at radius 2 is 2.00 bits per heavy atom. The zero-order valence-corrected chi connectivity index (χ0v) is 10.7. The molecule has 0 aliphatic heterocycles. The Balaban J connectivity index is 2.62. The topological polar surface area (TPSA) is 17.1 Å². The molecule has 1 unspecified atom stereocenters. The summed E-state index contributed by atoms with van der Waals surface area (Å²) in [5, 5.41) is 0.477. The Bertz CT molecular complexity index is 295. The maximum Gasteiger partial charge on any atom is 0.146 e. The Morgan fingerprint density at radius 3 is 2.53 bits per heavy atom. The van der Waals surface area contributed by atoms with Crippen LogP contribution in [0.25, 0.3) is 0 Å². The van der Waals surface area contributed by atoms with Crippen molar-refractivity contribution in [3.05, 3.63) is 35.9 Å². The fourth-order valence-corrected chi connectivity index (χ4v) is 2.19. The summed E-state index contributed by atoms with van der Waals surface area (Å²) < 4.78 is 0. The van der Waals surface area contributed by atoms with Crippen LogP contribution in [-0.4, -0.2) is 11.1 Å². The molecule has 0 saturated carbocycles. The lowest BCUT2D eigenvalue weighted by molar-refractivity contribution is -0.120. The van der Waals surface area contributed by atoms with E-state index in [0.29, 0.717) is 11.1 Å². The van der Waals surface area contributed by atoms with E-state index in [4.69, 9.17) is 0 Å². The van der Waals surface area contributed by atoms with Crippen molar-refractivity contribution < 1.29 is 4.79 Å². The molecule has 0 aliphatic rings. The van der Waals surface area contributed by atoms with Crippen LogP contribution in [0.3, 0.4) is 0 Å². The van der Waals surface area contributed by atoms with Crippen LogP contribution >= 0.6 is 15.9 Å². The van der Waals surface area contributed by atoms with E-state index in [1.54, 1.807) is 0 Å². The van der Waals surface area contributed by atoms with Gasteiger partial charge in [0.1, 0.15) is 5.78 Å². The van der Waals surface area contributed by atoms with Crippen molar-refractivity contribution in [1.82, 2.24) is 0 Å². The van der Waals surface area contributed by atoms with Gasteiger partial charge < -0.3 is 0 Å². The second kappa shape index (κ2) is 6.78. The van der Waals surface area contributed by atoms with E-state index in [-0.39, 0.29) is 5.92 Å². The summed E-state index contributed by atoms with van der Waals surface area (Å²) in [5.41, 5.74) is 1.25. The SMILES string of the molecule is CCCC(Cc1ccccc1)C(=O)CBr. The predicted octanol–water partition coefficient (Wildman–Crippen LogP) is 3.61. The average molecular weight is 269 g/mol. The van der Waals surface area contributed by atoms with Gasteiger partial charge in [-0.1, -0.05) is 59.6 Å². The summed E-state index contributed by atoms with van der Waals surface area (Å²) in [6.07, 6.45) is 2.93. The van der Waals surface area contributed by atoms with E-state index in [1.807, 2.05) is 18.2 Å². The standard InChI is InChI=1S/C13H17BrO/c1-2-6-12(13(15)10-14)9-11-7-4-3-5-8-11/h3-5,7-8,12H,2,6,9-10H2,1H3. The van der Waals surface area contributed by atoms with Crippen molar-refractivity contribution >= 4 is 21.7 Å². The van der Waals surface area contributed by atoms with Gasteiger partial charge in [-0.2, -0.15) is 0 Å². The number of carbonyl (C=O) groups excluding carboxylic acids is 1. The van der Waals surface area contributed by atoms with Gasteiger partial charge in [0.25, 0.3) is 0 Å². The first-order chi connectivity index (χ1) is 7.27. The molecule has 0 radical (unpaired) electrons. The predicted molar refractivity (Wildman–Crippen MR) is 67.3 cm³/mol. The van der Waals surface area contributed by atoms with E-state index in [2.05, 4.69) is 35.0 Å². The zero-order valence-electron chi connectivity index (χ0n) is 9.08. The van der Waals surface area contributed by atoms with Crippen molar-refractivity contribution in [1.29, 1.82) is 0 Å². The Morgan fingerprint density at radius 1 is 1.33 bits per heavy atom. The summed E-state index contributed by atoms with van der Waals surface area (Å²) in [7, 11) is 0. The highest BCUT2D eigenvalue weighted by Gasteiger charge is 2.16. The molecule has 1 atom stereocenters. The third-order valence-corrected chi connectivity index (χ3v) is 3.10. The van der Waals surface area contributed by atoms with Crippen LogP contribution in [0.2, 0.25) is 0 Å². The minimum absolute atomic E-state index is 0.178. The highest BCUT2D eigenvalue weighted by atomic mass is 79.9. The Hall–Kier alpha value is -0.630. The lowest BCUT2D eigenvalue weighted by atomic mass is 9.92. The largest absolute Gasteiger partial charge is 0.298 e. The highest BCUT2D eigenvalue weighted by Crippen LogP contribution is 2.16. The number of hydrogen-bond acceptors (Lipinski definition) is 1. The van der Waals surface area contributed by atoms with Gasteiger partial charge in [-0.3, -0.25) is 4.79 Å². The van der Waals surface area contributed by atoms with Gasteiger partial charge in [-0.05, 0) is 18.4 Å². The van der Waals surface area contributed by atoms with Gasteiger partial charge in [0, 0.05) is 5.92 Å². The van der Waals surface area contributed by atoms with Crippen molar-refractivity contribution in [3.63, 3.8) is 0 Å². The fourth-order valence-electron chi connectivity index (χ4n) is 1.73. The second-order valence-corrected chi connectivity index (χ2v) is 4.34. The molecule has 0 heterocycles. The van der Waals surface area contributed by atoms with E-state index in [9.17, 15) is 4.79 Å². The second-order valence-electron chi connectivity index (χ2n) is 3.78. The molecular formula is C13H17BrO. The monoisotopic (exact) mass is 268 g/mol. The summed E-state index contributed by atoms with van der Waals surface area (Å²) in [5.74, 6) is 0.498. The van der Waals surface area contributed by atoms with Crippen LogP contribution in [0.5, 0.6) is 0 Å². The first kappa shape index (κ1) is 12.4. The number of carbonyl (C=O) groups is 1. The van der Waals surface area contributed by atoms with Crippen LogP contribution in [0.1, 0.15) is 25.3 Å². The molecule has 15 heavy (non-hydrogen) atoms. The van der Waals surface area contributed by atoms with Crippen LogP contribution in [0, 0.1) is 5.92 Å². The molecule has 2 heteroatoms. The molecular weight excluding hydrogens is 252 g/mol. The minimum Gasteiger partial charge on any atom is -0.298 e. The number of ketones is 1. The fraction of sp³-hybridized carbons (Fsp3) is 0.462. The Kier molecular flexibility index (Phi) is 5.62. The van der Waals surface area contributed by atoms with Crippen LogP contribution in [0.15, 0.2) is 30.3 Å². The number of benzene rings is 1. The van der Waals surface area contributed by atoms with Gasteiger partial charge in [0.15, 0.2) is 0 Å². The maximum absolute atomic E-state index is 11.7. The lowest BCUT2D eigenvalue weighted by Gasteiger charge is -2.13. The van der Waals surface area contributed by atoms with Gasteiger partial charge in [-0.25, -0.2) is 0 Å². The molecule has 1 nitrogen and oxygen atoms in total. The quantitative estimate of drug-likeness (QED) is 0.721. The summed E-state index contributed by atoms with van der Waals surface area (Å²) in [6, 6.07) is 10.2. The molecule has 0 spiro atoms. The number of hydrogen-bond donors (Lipinski definition) is 0. The van der Waals surface area contributed by atoms with Gasteiger partial charge in [-0.15, -0.1) is 0 Å². The van der Waals surface area contributed by atoms with Crippen molar-refractivity contribution in [2.75, 3.05) is 5.33 Å². The molecule has 0 amide bonds. The first-order valence-electron chi connectivity index (χ1n) is 5.40. The summed E-state index contributed by atoms with van der Waals surface area (Å²) >= 11 is 3.25. The highest BCUT2D eigenvalue weighted by molar-refractivity contribution is 9.09. The van der Waals surface area contributed by atoms with Crippen molar-refractivity contribution in [2.24, 2.45) is 5.92 Å². The van der Waals surface area contributed by atoms with Gasteiger partial charge >= 0.3 is 0 Å². The smallest absolute Gasteiger partial charge is 0.146 e. The van der Waals surface area contributed by atoms with E-state index in [0.717, 1.165) is 19.3 Å². The van der Waals surface area contributed by atoms with Crippen molar-refractivity contribution in [3.8, 4) is 0 Å². The number of halogens is 1. The molecule has 0 saturated heterocycles. The third-order valence-electron chi connectivity index (χ3n) is 2.55. The van der Waals surface area contributed by atoms with Crippen LogP contribution in [0.4, 0.5) is 0 Å². The number of rotatable bonds is 6. The molecule has 0 bridgehead atoms. The molecule has 0 aliphatic carbocycles. The van der Waals surface area contributed by atoms with Crippen molar-refractivity contribution in [2.45, 2.75) is 26.2 Å². The zero-order chi connectivity index (χ0) is 11.1. The normalized spacial score (nSPS) is 12.4. The summed E-state index contributed by atoms with van der Waals surface area (Å²) in [4.78, 5) is 11.7. The van der Waals surface area contributed by atoms with E-state index >= 15 is 0 Å². The molecule has 0 aromatic heterocycles. The molecule has 1 aromatic carbocycles. The Labute approximate surface area is 100 Å². The molecule has 1 rings (SSSR count). The molecule has 82 valence electrons. The molecule has 1 aromatic rings. The van der Waals surface area contributed by atoms with E-state index in [1.165, 1.54) is 5.56 Å². The lowest BCUT2D eigenvalue weighted by Crippen LogP contribution is -2.18. The molecule has 0 N–H and O–H groups in total. The molecule has 0 fully saturated rings. The van der Waals surface area contributed by atoms with Crippen LogP contribution < -0.4 is 0 Å². The average Bonchev–Trinajstić information content (AvgIpc) is 2.29. The first-order valence-corrected chi connectivity index (χ1v) is 6.52. The third kappa shape index (κ3) is 4.17. The maximum atomic E-state index is 11.7. The number of Topliss-reactive ketones (excluding diaryl/α,β-unsaturated/α-hetero) is 1. The summed E-state index contributed by atoms with van der Waals surface area (Å²) in [6.45, 7) is 2.12. The van der Waals surface area contributed by atoms with Gasteiger partial charge in [0.05, 0.1) is 5.33 Å². The van der Waals surface area contributed by atoms with Crippen LogP contribution in [-0.2, 0) is 11.2 Å².